The van der Waals surface area contributed by atoms with Gasteiger partial charge in [0.2, 0.25) is 0 Å². The van der Waals surface area contributed by atoms with Gasteiger partial charge < -0.3 is 15.3 Å². The molecule has 0 spiro atoms. The van der Waals surface area contributed by atoms with Crippen LogP contribution < -0.4 is 5.32 Å². The Balaban J connectivity index is 1.87. The molecule has 2 saturated heterocycles. The van der Waals surface area contributed by atoms with E-state index >= 15 is 0 Å². The molecule has 2 heterocycles. The highest BCUT2D eigenvalue weighted by Crippen LogP contribution is 2.39. The number of carbonyl (C=O) groups excluding carboxylic acids is 1. The molecular weight excluding hydrogens is 288 g/mol. The number of nitrogens with zero attached hydrogens (tertiary/aromatic N) is 1. The molecule has 2 aliphatic rings. The van der Waals surface area contributed by atoms with E-state index in [1.165, 1.54) is 0 Å². The molecular formula is C15H26N2O3S. The second-order valence-corrected chi connectivity index (χ2v) is 7.56. The molecule has 2 aliphatic heterocycles. The van der Waals surface area contributed by atoms with E-state index in [0.29, 0.717) is 0 Å². The second-order valence-electron chi connectivity index (χ2n) is 6.24. The Hall–Kier alpha value is -0.910. The standard InChI is InChI=1S/C15H26N2O3S/c1-3-21-9-10(2)16-15(20)17-12-4-5-13(17)7-11(6-12)8-14(18)19/h10-13H,3-9H2,1-2H3,(H,16,20)(H,18,19). The third kappa shape index (κ3) is 4.28. The highest BCUT2D eigenvalue weighted by Gasteiger charge is 2.43. The molecule has 3 unspecified atom stereocenters. The lowest BCUT2D eigenvalue weighted by Crippen LogP contribution is -2.53. The van der Waals surface area contributed by atoms with E-state index in [9.17, 15) is 9.59 Å². The zero-order valence-corrected chi connectivity index (χ0v) is 13.7. The lowest BCUT2D eigenvalue weighted by molar-refractivity contribution is -0.138. The van der Waals surface area contributed by atoms with Gasteiger partial charge in [0.1, 0.15) is 0 Å². The molecule has 2 rings (SSSR count). The van der Waals surface area contributed by atoms with Crippen LogP contribution in [0, 0.1) is 5.92 Å². The Morgan fingerprint density at radius 1 is 1.33 bits per heavy atom. The number of hydrogen-bond donors (Lipinski definition) is 2. The first kappa shape index (κ1) is 16.5. The normalized spacial score (nSPS) is 29.2. The Labute approximate surface area is 130 Å². The number of urea groups is 1. The molecule has 2 amide bonds. The van der Waals surface area contributed by atoms with Gasteiger partial charge in [0.25, 0.3) is 0 Å². The van der Waals surface area contributed by atoms with Crippen molar-refractivity contribution < 1.29 is 14.7 Å². The number of aliphatic carboxylic acids is 1. The molecule has 0 aromatic heterocycles. The molecule has 0 aliphatic carbocycles. The summed E-state index contributed by atoms with van der Waals surface area (Å²) in [5.41, 5.74) is 0. The van der Waals surface area contributed by atoms with E-state index in [4.69, 9.17) is 5.11 Å². The molecule has 2 fully saturated rings. The quantitative estimate of drug-likeness (QED) is 0.790. The number of fused-ring (bicyclic) bond motifs is 2. The predicted octanol–water partition coefficient (Wildman–Crippen LogP) is 2.56. The van der Waals surface area contributed by atoms with Crippen molar-refractivity contribution in [3.05, 3.63) is 0 Å². The lowest BCUT2D eigenvalue weighted by atomic mass is 9.88. The van der Waals surface area contributed by atoms with E-state index in [1.807, 2.05) is 23.6 Å². The molecule has 6 heteroatoms. The van der Waals surface area contributed by atoms with E-state index in [2.05, 4.69) is 12.2 Å². The van der Waals surface area contributed by atoms with Gasteiger partial charge in [0, 0.05) is 30.3 Å². The molecule has 120 valence electrons. The number of carboxylic acids is 1. The second kappa shape index (κ2) is 7.38. The van der Waals surface area contributed by atoms with Crippen molar-refractivity contribution in [3.63, 3.8) is 0 Å². The number of nitrogens with one attached hydrogen (secondary N) is 1. The van der Waals surface area contributed by atoms with Crippen molar-refractivity contribution in [1.82, 2.24) is 10.2 Å². The smallest absolute Gasteiger partial charge is 0.318 e. The van der Waals surface area contributed by atoms with Crippen LogP contribution in [-0.2, 0) is 4.79 Å². The van der Waals surface area contributed by atoms with Crippen LogP contribution in [0.15, 0.2) is 0 Å². The van der Waals surface area contributed by atoms with Crippen LogP contribution in [0.1, 0.15) is 46.0 Å². The Kier molecular flexibility index (Phi) is 5.79. The largest absolute Gasteiger partial charge is 0.481 e. The minimum Gasteiger partial charge on any atom is -0.481 e. The van der Waals surface area contributed by atoms with Gasteiger partial charge in [-0.3, -0.25) is 4.79 Å². The van der Waals surface area contributed by atoms with Crippen LogP contribution in [0.25, 0.3) is 0 Å². The minimum absolute atomic E-state index is 0.0421. The van der Waals surface area contributed by atoms with Gasteiger partial charge in [-0.1, -0.05) is 6.92 Å². The summed E-state index contributed by atoms with van der Waals surface area (Å²) in [6.45, 7) is 4.16. The third-order valence-electron chi connectivity index (χ3n) is 4.47. The number of hydrogen-bond acceptors (Lipinski definition) is 3. The molecule has 0 aromatic carbocycles. The number of amides is 2. The minimum atomic E-state index is -0.720. The van der Waals surface area contributed by atoms with Gasteiger partial charge in [0.05, 0.1) is 0 Å². The topological polar surface area (TPSA) is 69.6 Å². The van der Waals surface area contributed by atoms with E-state index in [-0.39, 0.29) is 36.5 Å². The van der Waals surface area contributed by atoms with E-state index in [0.717, 1.165) is 37.2 Å². The van der Waals surface area contributed by atoms with Crippen LogP contribution >= 0.6 is 11.8 Å². The first-order chi connectivity index (χ1) is 10.0. The monoisotopic (exact) mass is 314 g/mol. The summed E-state index contributed by atoms with van der Waals surface area (Å²) in [4.78, 5) is 25.3. The molecule has 0 saturated carbocycles. The van der Waals surface area contributed by atoms with Crippen LogP contribution in [0.4, 0.5) is 4.79 Å². The van der Waals surface area contributed by atoms with Gasteiger partial charge in [0.15, 0.2) is 0 Å². The van der Waals surface area contributed by atoms with Crippen molar-refractivity contribution in [1.29, 1.82) is 0 Å². The fourth-order valence-corrected chi connectivity index (χ4v) is 4.33. The molecule has 2 N–H and O–H groups in total. The zero-order valence-electron chi connectivity index (χ0n) is 12.9. The summed E-state index contributed by atoms with van der Waals surface area (Å²) in [7, 11) is 0. The van der Waals surface area contributed by atoms with Gasteiger partial charge in [-0.15, -0.1) is 0 Å². The average Bonchev–Trinajstić information content (AvgIpc) is 2.68. The number of carbonyl (C=O) groups is 2. The summed E-state index contributed by atoms with van der Waals surface area (Å²) in [6.07, 6.45) is 3.97. The van der Waals surface area contributed by atoms with Gasteiger partial charge in [-0.2, -0.15) is 11.8 Å². The van der Waals surface area contributed by atoms with E-state index < -0.39 is 5.97 Å². The molecule has 0 aromatic rings. The fraction of sp³-hybridized carbons (Fsp3) is 0.867. The zero-order chi connectivity index (χ0) is 15.4. The maximum absolute atomic E-state index is 12.5. The summed E-state index contributed by atoms with van der Waals surface area (Å²) >= 11 is 1.83. The third-order valence-corrected chi connectivity index (χ3v) is 5.61. The van der Waals surface area contributed by atoms with Gasteiger partial charge in [-0.05, 0) is 44.3 Å². The Bertz CT molecular complexity index is 377. The Morgan fingerprint density at radius 2 is 1.95 bits per heavy atom. The number of rotatable bonds is 6. The molecule has 21 heavy (non-hydrogen) atoms. The van der Waals surface area contributed by atoms with Crippen LogP contribution in [0.5, 0.6) is 0 Å². The van der Waals surface area contributed by atoms with Crippen molar-refractivity contribution in [2.45, 2.75) is 64.1 Å². The predicted molar refractivity (Wildman–Crippen MR) is 84.6 cm³/mol. The summed E-state index contributed by atoms with van der Waals surface area (Å²) < 4.78 is 0. The highest BCUT2D eigenvalue weighted by molar-refractivity contribution is 7.99. The number of carboxylic acid groups (broad SMARTS) is 1. The first-order valence-corrected chi connectivity index (χ1v) is 9.05. The summed E-state index contributed by atoms with van der Waals surface area (Å²) in [6, 6.07) is 0.692. The van der Waals surface area contributed by atoms with Crippen molar-refractivity contribution in [2.75, 3.05) is 11.5 Å². The molecule has 0 radical (unpaired) electrons. The van der Waals surface area contributed by atoms with Crippen molar-refractivity contribution >= 4 is 23.8 Å². The van der Waals surface area contributed by atoms with Crippen LogP contribution in [0.3, 0.4) is 0 Å². The maximum atomic E-state index is 12.5. The highest BCUT2D eigenvalue weighted by atomic mass is 32.2. The Morgan fingerprint density at radius 3 is 2.48 bits per heavy atom. The van der Waals surface area contributed by atoms with Crippen LogP contribution in [0.2, 0.25) is 0 Å². The van der Waals surface area contributed by atoms with Gasteiger partial charge in [-0.25, -0.2) is 4.79 Å². The van der Waals surface area contributed by atoms with Crippen molar-refractivity contribution in [2.24, 2.45) is 5.92 Å². The fourth-order valence-electron chi connectivity index (χ4n) is 3.66. The number of piperidine rings is 1. The van der Waals surface area contributed by atoms with E-state index in [1.54, 1.807) is 0 Å². The SMILES string of the molecule is CCSCC(C)NC(=O)N1C2CCC1CC(CC(=O)O)C2. The number of thioether (sulfide) groups is 1. The molecule has 2 bridgehead atoms. The average molecular weight is 314 g/mol. The molecule has 3 atom stereocenters. The van der Waals surface area contributed by atoms with Crippen LogP contribution in [-0.4, -0.2) is 51.6 Å². The molecule has 5 nitrogen and oxygen atoms in total. The summed E-state index contributed by atoms with van der Waals surface area (Å²) in [5.74, 6) is 1.51. The lowest BCUT2D eigenvalue weighted by Gasteiger charge is -2.39. The van der Waals surface area contributed by atoms with Crippen molar-refractivity contribution in [3.8, 4) is 0 Å². The first-order valence-electron chi connectivity index (χ1n) is 7.89. The van der Waals surface area contributed by atoms with Gasteiger partial charge >= 0.3 is 12.0 Å². The maximum Gasteiger partial charge on any atom is 0.318 e. The summed E-state index contributed by atoms with van der Waals surface area (Å²) in [5, 5.41) is 12.0.